The number of benzene rings is 2. The van der Waals surface area contributed by atoms with Crippen LogP contribution in [0.15, 0.2) is 52.1 Å². The average molecular weight is 473 g/mol. The third kappa shape index (κ3) is 4.25. The fourth-order valence-electron chi connectivity index (χ4n) is 3.14. The van der Waals surface area contributed by atoms with Crippen molar-refractivity contribution in [2.45, 2.75) is 31.0 Å². The Bertz CT molecular complexity index is 1060. The van der Waals surface area contributed by atoms with E-state index in [9.17, 15) is 10.1 Å². The molecule has 0 saturated heterocycles. The maximum absolute atomic E-state index is 11.3. The third-order valence-electron chi connectivity index (χ3n) is 4.53. The van der Waals surface area contributed by atoms with Crippen LogP contribution in [0.2, 0.25) is 0 Å². The van der Waals surface area contributed by atoms with Gasteiger partial charge in [-0.3, -0.25) is 10.1 Å². The van der Waals surface area contributed by atoms with Crippen molar-refractivity contribution in [2.24, 2.45) is 0 Å². The first kappa shape index (κ1) is 19.8. The van der Waals surface area contributed by atoms with Crippen LogP contribution < -0.4 is 4.74 Å². The van der Waals surface area contributed by atoms with E-state index in [1.807, 2.05) is 24.3 Å². The zero-order chi connectivity index (χ0) is 20.4. The Kier molecular flexibility index (Phi) is 5.77. The number of aromatic nitrogens is 3. The van der Waals surface area contributed by atoms with Gasteiger partial charge in [-0.1, -0.05) is 46.7 Å². The fraction of sp³-hybridized carbons (Fsp3) is 0.250. The highest BCUT2D eigenvalue weighted by Gasteiger charge is 2.28. The van der Waals surface area contributed by atoms with Gasteiger partial charge in [-0.25, -0.2) is 0 Å². The van der Waals surface area contributed by atoms with Crippen molar-refractivity contribution in [1.29, 1.82) is 0 Å². The number of fused-ring (bicyclic) bond motifs is 3. The molecule has 0 amide bonds. The van der Waals surface area contributed by atoms with Crippen LogP contribution in [0.4, 0.5) is 5.69 Å². The molecule has 2 aromatic carbocycles. The molecular formula is C20H17BrN4O3S. The van der Waals surface area contributed by atoms with Crippen LogP contribution in [0.5, 0.6) is 5.88 Å². The number of nitro benzene ring substituents is 1. The molecule has 9 heteroatoms. The van der Waals surface area contributed by atoms with Crippen LogP contribution in [0.3, 0.4) is 0 Å². The van der Waals surface area contributed by atoms with Crippen LogP contribution in [-0.4, -0.2) is 25.9 Å². The Morgan fingerprint density at radius 2 is 2.03 bits per heavy atom. The molecule has 0 aliphatic carbocycles. The van der Waals surface area contributed by atoms with Gasteiger partial charge in [0.05, 0.1) is 4.92 Å². The van der Waals surface area contributed by atoms with E-state index in [-0.39, 0.29) is 11.8 Å². The summed E-state index contributed by atoms with van der Waals surface area (Å²) in [6, 6.07) is 12.6. The van der Waals surface area contributed by atoms with Gasteiger partial charge in [0.2, 0.25) is 11.0 Å². The minimum atomic E-state index is -0.393. The Labute approximate surface area is 180 Å². The number of thioether (sulfide) groups is 1. The zero-order valence-corrected chi connectivity index (χ0v) is 17.9. The zero-order valence-electron chi connectivity index (χ0n) is 15.5. The molecule has 2 heterocycles. The topological polar surface area (TPSA) is 91.0 Å². The summed E-state index contributed by atoms with van der Waals surface area (Å²) >= 11 is 4.97. The Hall–Kier alpha value is -2.52. The Morgan fingerprint density at radius 3 is 2.76 bits per heavy atom. The van der Waals surface area contributed by atoms with Gasteiger partial charge in [-0.05, 0) is 35.7 Å². The van der Waals surface area contributed by atoms with Crippen molar-refractivity contribution < 1.29 is 9.66 Å². The summed E-state index contributed by atoms with van der Waals surface area (Å²) in [6.45, 7) is 2.09. The van der Waals surface area contributed by atoms with E-state index in [2.05, 4.69) is 38.0 Å². The molecule has 0 N–H and O–H groups in total. The quantitative estimate of drug-likeness (QED) is 0.279. The molecule has 0 bridgehead atoms. The number of ether oxygens (including phenoxy) is 1. The van der Waals surface area contributed by atoms with Gasteiger partial charge in [0.1, 0.15) is 6.10 Å². The minimum absolute atomic E-state index is 0.0396. The minimum Gasteiger partial charge on any atom is -0.467 e. The maximum Gasteiger partial charge on any atom is 0.269 e. The monoisotopic (exact) mass is 472 g/mol. The first-order chi connectivity index (χ1) is 14.0. The van der Waals surface area contributed by atoms with Gasteiger partial charge in [-0.15, -0.1) is 10.2 Å². The lowest BCUT2D eigenvalue weighted by Gasteiger charge is -2.17. The predicted molar refractivity (Wildman–Crippen MR) is 114 cm³/mol. The van der Waals surface area contributed by atoms with Crippen LogP contribution >= 0.6 is 27.7 Å². The molecule has 148 valence electrons. The number of halogens is 1. The van der Waals surface area contributed by atoms with E-state index in [4.69, 9.17) is 4.74 Å². The lowest BCUT2D eigenvalue weighted by molar-refractivity contribution is -0.384. The summed E-state index contributed by atoms with van der Waals surface area (Å²) in [4.78, 5) is 15.5. The lowest BCUT2D eigenvalue weighted by atomic mass is 9.96. The van der Waals surface area contributed by atoms with Crippen molar-refractivity contribution in [1.82, 2.24) is 15.2 Å². The molecule has 29 heavy (non-hydrogen) atoms. The molecule has 1 aliphatic rings. The van der Waals surface area contributed by atoms with Crippen molar-refractivity contribution in [2.75, 3.05) is 5.75 Å². The second kappa shape index (κ2) is 8.46. The van der Waals surface area contributed by atoms with Gasteiger partial charge < -0.3 is 4.74 Å². The number of non-ortho nitro benzene ring substituents is 1. The molecule has 3 aromatic rings. The SMILES string of the molecule is CCCSc1nnc2c(n1)OC(c1ccc(Br)cc1)Cc1cc([N+](=O)[O-])ccc1-2. The van der Waals surface area contributed by atoms with Crippen molar-refractivity contribution in [3.63, 3.8) is 0 Å². The smallest absolute Gasteiger partial charge is 0.269 e. The number of nitro groups is 1. The van der Waals surface area contributed by atoms with Gasteiger partial charge in [0.15, 0.2) is 5.69 Å². The van der Waals surface area contributed by atoms with E-state index in [0.717, 1.165) is 33.3 Å². The maximum atomic E-state index is 11.3. The molecular weight excluding hydrogens is 456 g/mol. The van der Waals surface area contributed by atoms with Crippen LogP contribution in [0.25, 0.3) is 11.3 Å². The van der Waals surface area contributed by atoms with Gasteiger partial charge >= 0.3 is 0 Å². The van der Waals surface area contributed by atoms with E-state index >= 15 is 0 Å². The summed E-state index contributed by atoms with van der Waals surface area (Å²) in [5, 5.41) is 20.4. The molecule has 1 aliphatic heterocycles. The molecule has 0 fully saturated rings. The van der Waals surface area contributed by atoms with Crippen molar-refractivity contribution in [3.05, 3.63) is 68.2 Å². The second-order valence-electron chi connectivity index (χ2n) is 6.56. The number of rotatable bonds is 5. The highest BCUT2D eigenvalue weighted by atomic mass is 79.9. The molecule has 1 aromatic heterocycles. The van der Waals surface area contributed by atoms with E-state index < -0.39 is 4.92 Å². The number of hydrogen-bond acceptors (Lipinski definition) is 7. The normalized spacial score (nSPS) is 15.0. The first-order valence-electron chi connectivity index (χ1n) is 9.12. The molecule has 7 nitrogen and oxygen atoms in total. The highest BCUT2D eigenvalue weighted by Crippen LogP contribution is 2.40. The van der Waals surface area contributed by atoms with E-state index in [0.29, 0.717) is 23.2 Å². The fourth-order valence-corrected chi connectivity index (χ4v) is 4.03. The average Bonchev–Trinajstić information content (AvgIpc) is 2.88. The molecule has 0 saturated carbocycles. The summed E-state index contributed by atoms with van der Waals surface area (Å²) in [6.07, 6.45) is 1.12. The third-order valence-corrected chi connectivity index (χ3v) is 6.10. The molecule has 1 unspecified atom stereocenters. The first-order valence-corrected chi connectivity index (χ1v) is 10.9. The van der Waals surface area contributed by atoms with Gasteiger partial charge in [0, 0.05) is 34.3 Å². The Balaban J connectivity index is 1.82. The van der Waals surface area contributed by atoms with E-state index in [1.54, 1.807) is 12.1 Å². The van der Waals surface area contributed by atoms with Gasteiger partial charge in [-0.2, -0.15) is 4.98 Å². The Morgan fingerprint density at radius 1 is 1.24 bits per heavy atom. The summed E-state index contributed by atoms with van der Waals surface area (Å²) < 4.78 is 7.24. The van der Waals surface area contributed by atoms with E-state index in [1.165, 1.54) is 17.8 Å². The lowest BCUT2D eigenvalue weighted by Crippen LogP contribution is -2.11. The van der Waals surface area contributed by atoms with Crippen molar-refractivity contribution in [3.8, 4) is 17.1 Å². The molecule has 0 radical (unpaired) electrons. The number of nitrogens with zero attached hydrogens (tertiary/aromatic N) is 4. The standard InChI is InChI=1S/C20H17BrN4O3S/c1-2-9-29-20-22-19-18(23-24-20)16-8-7-15(25(26)27)10-13(16)11-17(28-19)12-3-5-14(21)6-4-12/h3-8,10,17H,2,9,11H2,1H3. The van der Waals surface area contributed by atoms with Gasteiger partial charge in [0.25, 0.3) is 5.69 Å². The van der Waals surface area contributed by atoms with Crippen LogP contribution in [0.1, 0.15) is 30.6 Å². The number of hydrogen-bond donors (Lipinski definition) is 0. The largest absolute Gasteiger partial charge is 0.467 e. The van der Waals surface area contributed by atoms with Crippen LogP contribution in [0, 0.1) is 10.1 Å². The summed E-state index contributed by atoms with van der Waals surface area (Å²) in [5.41, 5.74) is 3.06. The summed E-state index contributed by atoms with van der Waals surface area (Å²) in [5.74, 6) is 1.29. The molecule has 4 rings (SSSR count). The molecule has 0 spiro atoms. The van der Waals surface area contributed by atoms with Crippen molar-refractivity contribution >= 4 is 33.4 Å². The second-order valence-corrected chi connectivity index (χ2v) is 8.54. The predicted octanol–water partition coefficient (Wildman–Crippen LogP) is 5.39. The highest BCUT2D eigenvalue weighted by molar-refractivity contribution is 9.10. The van der Waals surface area contributed by atoms with Crippen LogP contribution in [-0.2, 0) is 6.42 Å². The molecule has 1 atom stereocenters. The summed E-state index contributed by atoms with van der Waals surface area (Å²) in [7, 11) is 0.